The van der Waals surface area contributed by atoms with Crippen molar-refractivity contribution in [3.05, 3.63) is 71.8 Å². The molecule has 2 aromatic rings. The van der Waals surface area contributed by atoms with Crippen LogP contribution in [0.4, 0.5) is 4.79 Å². The molecule has 32 heavy (non-hydrogen) atoms. The Morgan fingerprint density at radius 3 is 1.53 bits per heavy atom. The number of esters is 1. The average Bonchev–Trinajstić information content (AvgIpc) is 2.81. The van der Waals surface area contributed by atoms with E-state index in [0.29, 0.717) is 0 Å². The zero-order valence-corrected chi connectivity index (χ0v) is 19.7. The van der Waals surface area contributed by atoms with Gasteiger partial charge in [0.15, 0.2) is 0 Å². The molecule has 0 atom stereocenters. The standard InChI is InChI=1S/C20H32O2.C6H6.CH2O3/c1-3-4-5-6-7-8-9-10-11-12-15-18-16-13-14-17-19(18)20(21)22-2;1-2-4-6-5-3-1;2-1(3)4/h13-14,16-17H,3-12,15H2,1-2H3;1-6H;(H2,2,3,4). The first kappa shape index (κ1) is 29.2. The topological polar surface area (TPSA) is 83.8 Å². The summed E-state index contributed by atoms with van der Waals surface area (Å²) >= 11 is 0. The number of ether oxygens (including phenoxy) is 1. The number of benzene rings is 2. The third-order valence-electron chi connectivity index (χ3n) is 4.89. The number of methoxy groups -OCH3 is 1. The lowest BCUT2D eigenvalue weighted by Crippen LogP contribution is -2.05. The molecule has 2 aromatic carbocycles. The van der Waals surface area contributed by atoms with Gasteiger partial charge in [0.25, 0.3) is 0 Å². The molecule has 0 unspecified atom stereocenters. The Hall–Kier alpha value is -2.82. The predicted molar refractivity (Wildman–Crippen MR) is 130 cm³/mol. The highest BCUT2D eigenvalue weighted by molar-refractivity contribution is 5.90. The van der Waals surface area contributed by atoms with Crippen LogP contribution < -0.4 is 0 Å². The van der Waals surface area contributed by atoms with Gasteiger partial charge in [-0.25, -0.2) is 9.59 Å². The van der Waals surface area contributed by atoms with Crippen LogP contribution >= 0.6 is 0 Å². The molecule has 5 heteroatoms. The second-order valence-corrected chi connectivity index (χ2v) is 7.52. The lowest BCUT2D eigenvalue weighted by atomic mass is 10.00. The first-order valence-corrected chi connectivity index (χ1v) is 11.6. The highest BCUT2D eigenvalue weighted by Gasteiger charge is 2.10. The van der Waals surface area contributed by atoms with Crippen molar-refractivity contribution in [1.82, 2.24) is 0 Å². The zero-order valence-electron chi connectivity index (χ0n) is 19.7. The van der Waals surface area contributed by atoms with Crippen LogP contribution in [0.5, 0.6) is 0 Å². The van der Waals surface area contributed by atoms with Crippen LogP contribution in [0.3, 0.4) is 0 Å². The SMILES string of the molecule is CCCCCCCCCCCCc1ccccc1C(=O)OC.O=C(O)O.c1ccccc1. The lowest BCUT2D eigenvalue weighted by Gasteiger charge is -2.07. The van der Waals surface area contributed by atoms with Gasteiger partial charge in [0.2, 0.25) is 0 Å². The third kappa shape index (κ3) is 18.0. The minimum absolute atomic E-state index is 0.220. The fraction of sp³-hybridized carbons (Fsp3) is 0.481. The molecule has 0 heterocycles. The summed E-state index contributed by atoms with van der Waals surface area (Å²) in [4.78, 5) is 20.2. The number of carboxylic acid groups (broad SMARTS) is 2. The van der Waals surface area contributed by atoms with Crippen molar-refractivity contribution in [2.45, 2.75) is 77.6 Å². The molecule has 0 aromatic heterocycles. The van der Waals surface area contributed by atoms with Crippen LogP contribution in [0.2, 0.25) is 0 Å². The van der Waals surface area contributed by atoms with Gasteiger partial charge in [-0.1, -0.05) is 119 Å². The lowest BCUT2D eigenvalue weighted by molar-refractivity contribution is 0.0599. The van der Waals surface area contributed by atoms with Gasteiger partial charge >= 0.3 is 12.1 Å². The van der Waals surface area contributed by atoms with Crippen molar-refractivity contribution in [1.29, 1.82) is 0 Å². The molecule has 178 valence electrons. The van der Waals surface area contributed by atoms with E-state index in [1.165, 1.54) is 64.9 Å². The van der Waals surface area contributed by atoms with E-state index in [1.54, 1.807) is 0 Å². The molecule has 2 rings (SSSR count). The summed E-state index contributed by atoms with van der Waals surface area (Å²) in [5, 5.41) is 13.9. The van der Waals surface area contributed by atoms with Crippen molar-refractivity contribution in [2.75, 3.05) is 7.11 Å². The summed E-state index contributed by atoms with van der Waals surface area (Å²) in [7, 11) is 1.44. The van der Waals surface area contributed by atoms with Gasteiger partial charge in [-0.05, 0) is 24.5 Å². The van der Waals surface area contributed by atoms with Crippen LogP contribution in [0, 0.1) is 0 Å². The summed E-state index contributed by atoms with van der Waals surface area (Å²) in [6.07, 6.45) is 12.5. The Labute approximate surface area is 193 Å². The molecule has 0 saturated heterocycles. The molecule has 0 aliphatic carbocycles. The van der Waals surface area contributed by atoms with Crippen LogP contribution in [0.15, 0.2) is 60.7 Å². The fourth-order valence-corrected chi connectivity index (χ4v) is 3.24. The van der Waals surface area contributed by atoms with Gasteiger partial charge in [-0.2, -0.15) is 0 Å². The van der Waals surface area contributed by atoms with E-state index in [9.17, 15) is 4.79 Å². The molecule has 0 saturated carbocycles. The number of carbonyl (C=O) groups excluding carboxylic acids is 1. The maximum absolute atomic E-state index is 11.7. The van der Waals surface area contributed by atoms with E-state index in [4.69, 9.17) is 19.7 Å². The van der Waals surface area contributed by atoms with E-state index in [0.717, 1.165) is 24.0 Å². The second kappa shape index (κ2) is 21.4. The van der Waals surface area contributed by atoms with E-state index in [-0.39, 0.29) is 5.97 Å². The molecule has 0 fully saturated rings. The van der Waals surface area contributed by atoms with Crippen molar-refractivity contribution in [2.24, 2.45) is 0 Å². The van der Waals surface area contributed by atoms with Crippen molar-refractivity contribution < 1.29 is 24.5 Å². The highest BCUT2D eigenvalue weighted by atomic mass is 16.6. The molecular formula is C27H40O5. The Bertz CT molecular complexity index is 669. The summed E-state index contributed by atoms with van der Waals surface area (Å²) in [5.41, 5.74) is 1.84. The van der Waals surface area contributed by atoms with E-state index in [2.05, 4.69) is 6.92 Å². The fourth-order valence-electron chi connectivity index (χ4n) is 3.24. The minimum atomic E-state index is -1.83. The van der Waals surface area contributed by atoms with Crippen molar-refractivity contribution in [3.8, 4) is 0 Å². The summed E-state index contributed by atoms with van der Waals surface area (Å²) < 4.78 is 4.84. The van der Waals surface area contributed by atoms with E-state index in [1.807, 2.05) is 60.7 Å². The monoisotopic (exact) mass is 444 g/mol. The number of aryl methyl sites for hydroxylation is 1. The first-order chi connectivity index (χ1) is 15.5. The number of hydrogen-bond acceptors (Lipinski definition) is 3. The second-order valence-electron chi connectivity index (χ2n) is 7.52. The molecule has 0 spiro atoms. The number of unbranched alkanes of at least 4 members (excludes halogenated alkanes) is 9. The molecule has 0 bridgehead atoms. The summed E-state index contributed by atoms with van der Waals surface area (Å²) in [6, 6.07) is 19.8. The molecular weight excluding hydrogens is 404 g/mol. The quantitative estimate of drug-likeness (QED) is 0.257. The predicted octanol–water partition coefficient (Wildman–Crippen LogP) is 7.85. The Balaban J connectivity index is 0.000000787. The zero-order chi connectivity index (χ0) is 23.9. The van der Waals surface area contributed by atoms with Gasteiger partial charge in [0.1, 0.15) is 0 Å². The van der Waals surface area contributed by atoms with Crippen molar-refractivity contribution in [3.63, 3.8) is 0 Å². The van der Waals surface area contributed by atoms with Crippen molar-refractivity contribution >= 4 is 12.1 Å². The van der Waals surface area contributed by atoms with Crippen LogP contribution in [0.25, 0.3) is 0 Å². The van der Waals surface area contributed by atoms with Gasteiger partial charge in [-0.3, -0.25) is 0 Å². The molecule has 0 aliphatic rings. The smallest absolute Gasteiger partial charge is 0.465 e. The highest BCUT2D eigenvalue weighted by Crippen LogP contribution is 2.15. The number of rotatable bonds is 12. The minimum Gasteiger partial charge on any atom is -0.465 e. The average molecular weight is 445 g/mol. The maximum Gasteiger partial charge on any atom is 0.503 e. The molecule has 0 aliphatic heterocycles. The van der Waals surface area contributed by atoms with Crippen LogP contribution in [-0.2, 0) is 11.2 Å². The van der Waals surface area contributed by atoms with Gasteiger partial charge in [0, 0.05) is 0 Å². The largest absolute Gasteiger partial charge is 0.503 e. The van der Waals surface area contributed by atoms with Crippen LogP contribution in [-0.4, -0.2) is 29.4 Å². The normalized spacial score (nSPS) is 9.56. The van der Waals surface area contributed by atoms with E-state index >= 15 is 0 Å². The third-order valence-corrected chi connectivity index (χ3v) is 4.89. The van der Waals surface area contributed by atoms with Gasteiger partial charge in [0.05, 0.1) is 12.7 Å². The number of hydrogen-bond donors (Lipinski definition) is 2. The maximum atomic E-state index is 11.7. The molecule has 0 amide bonds. The van der Waals surface area contributed by atoms with Crippen LogP contribution in [0.1, 0.15) is 87.1 Å². The van der Waals surface area contributed by atoms with E-state index < -0.39 is 6.16 Å². The Morgan fingerprint density at radius 1 is 0.688 bits per heavy atom. The van der Waals surface area contributed by atoms with Gasteiger partial charge < -0.3 is 14.9 Å². The first-order valence-electron chi connectivity index (χ1n) is 11.6. The number of carbonyl (C=O) groups is 2. The Kier molecular flexibility index (Phi) is 19.5. The molecule has 2 N–H and O–H groups in total. The molecule has 5 nitrogen and oxygen atoms in total. The summed E-state index contributed by atoms with van der Waals surface area (Å²) in [5.74, 6) is -0.220. The Morgan fingerprint density at radius 2 is 1.09 bits per heavy atom. The summed E-state index contributed by atoms with van der Waals surface area (Å²) in [6.45, 7) is 2.26. The molecule has 0 radical (unpaired) electrons. The van der Waals surface area contributed by atoms with Gasteiger partial charge in [-0.15, -0.1) is 0 Å².